The first-order valence-electron chi connectivity index (χ1n) is 6.77. The number of aliphatic hydroxyl groups excluding tert-OH is 1. The van der Waals surface area contributed by atoms with E-state index in [0.717, 1.165) is 23.5 Å². The first-order chi connectivity index (χ1) is 9.44. The molecule has 1 unspecified atom stereocenters. The van der Waals surface area contributed by atoms with Gasteiger partial charge in [-0.3, -0.25) is 0 Å². The highest BCUT2D eigenvalue weighted by Gasteiger charge is 2.18. The highest BCUT2D eigenvalue weighted by Crippen LogP contribution is 2.17. The van der Waals surface area contributed by atoms with Crippen molar-refractivity contribution in [2.45, 2.75) is 44.7 Å². The Bertz CT molecular complexity index is 529. The van der Waals surface area contributed by atoms with E-state index in [9.17, 15) is 13.5 Å². The fourth-order valence-electron chi connectivity index (χ4n) is 1.92. The number of nitrogens with one attached hydrogen (secondary N) is 1. The highest BCUT2D eigenvalue weighted by molar-refractivity contribution is 7.99. The van der Waals surface area contributed by atoms with E-state index in [1.807, 2.05) is 20.8 Å². The molecule has 0 saturated carbocycles. The third kappa shape index (κ3) is 4.77. The third-order valence-corrected chi connectivity index (χ3v) is 5.70. The Morgan fingerprint density at radius 1 is 1.30 bits per heavy atom. The van der Waals surface area contributed by atoms with Gasteiger partial charge in [-0.25, -0.2) is 13.1 Å². The van der Waals surface area contributed by atoms with Gasteiger partial charge in [-0.05, 0) is 42.4 Å². The van der Waals surface area contributed by atoms with Crippen LogP contribution in [0.4, 0.5) is 0 Å². The second kappa shape index (κ2) is 8.02. The van der Waals surface area contributed by atoms with Crippen LogP contribution < -0.4 is 4.72 Å². The van der Waals surface area contributed by atoms with Crippen molar-refractivity contribution in [2.24, 2.45) is 0 Å². The van der Waals surface area contributed by atoms with Crippen LogP contribution in [0.15, 0.2) is 23.1 Å². The van der Waals surface area contributed by atoms with E-state index in [1.165, 1.54) is 0 Å². The molecule has 0 bridgehead atoms. The number of rotatable bonds is 8. The highest BCUT2D eigenvalue weighted by atomic mass is 32.2. The molecule has 20 heavy (non-hydrogen) atoms. The molecule has 1 aromatic carbocycles. The summed E-state index contributed by atoms with van der Waals surface area (Å²) in [6.45, 7) is 5.73. The van der Waals surface area contributed by atoms with Gasteiger partial charge in [-0.15, -0.1) is 0 Å². The number of aliphatic hydroxyl groups is 1. The van der Waals surface area contributed by atoms with Gasteiger partial charge in [0.05, 0.1) is 11.5 Å². The summed E-state index contributed by atoms with van der Waals surface area (Å²) in [5.41, 5.74) is 1.65. The minimum atomic E-state index is -3.52. The molecule has 114 valence electrons. The maximum atomic E-state index is 12.3. The molecular weight excluding hydrogens is 294 g/mol. The molecule has 0 saturated heterocycles. The molecule has 1 aromatic rings. The van der Waals surface area contributed by atoms with Crippen molar-refractivity contribution in [1.29, 1.82) is 0 Å². The summed E-state index contributed by atoms with van der Waals surface area (Å²) < 4.78 is 27.2. The van der Waals surface area contributed by atoms with Crippen molar-refractivity contribution < 1.29 is 13.5 Å². The first-order valence-corrected chi connectivity index (χ1v) is 9.41. The SMILES string of the molecule is CCSCC(C)NS(=O)(=O)c1ccc(CC)c(CO)c1. The van der Waals surface area contributed by atoms with E-state index in [2.05, 4.69) is 4.72 Å². The monoisotopic (exact) mass is 317 g/mol. The zero-order valence-electron chi connectivity index (χ0n) is 12.2. The van der Waals surface area contributed by atoms with Gasteiger partial charge >= 0.3 is 0 Å². The second-order valence-electron chi connectivity index (χ2n) is 4.62. The Hall–Kier alpha value is -0.560. The van der Waals surface area contributed by atoms with Crippen LogP contribution in [0.3, 0.4) is 0 Å². The fourth-order valence-corrected chi connectivity index (χ4v) is 3.99. The Morgan fingerprint density at radius 3 is 2.55 bits per heavy atom. The van der Waals surface area contributed by atoms with Crippen LogP contribution >= 0.6 is 11.8 Å². The summed E-state index contributed by atoms with van der Waals surface area (Å²) in [6, 6.07) is 4.81. The largest absolute Gasteiger partial charge is 0.392 e. The maximum Gasteiger partial charge on any atom is 0.240 e. The molecule has 4 nitrogen and oxygen atoms in total. The molecule has 0 aromatic heterocycles. The van der Waals surface area contributed by atoms with E-state index in [-0.39, 0.29) is 17.5 Å². The van der Waals surface area contributed by atoms with E-state index >= 15 is 0 Å². The van der Waals surface area contributed by atoms with Gasteiger partial charge in [0.25, 0.3) is 0 Å². The normalized spacial score (nSPS) is 13.4. The third-order valence-electron chi connectivity index (χ3n) is 2.97. The molecule has 0 radical (unpaired) electrons. The summed E-state index contributed by atoms with van der Waals surface area (Å²) in [7, 11) is -3.52. The van der Waals surface area contributed by atoms with Crippen molar-refractivity contribution in [3.63, 3.8) is 0 Å². The number of aryl methyl sites for hydroxylation is 1. The predicted molar refractivity (Wildman–Crippen MR) is 84.5 cm³/mol. The van der Waals surface area contributed by atoms with Crippen molar-refractivity contribution >= 4 is 21.8 Å². The Labute approximate surface area is 126 Å². The lowest BCUT2D eigenvalue weighted by Crippen LogP contribution is -2.34. The molecule has 6 heteroatoms. The van der Waals surface area contributed by atoms with Gasteiger partial charge in [0.2, 0.25) is 10.0 Å². The van der Waals surface area contributed by atoms with E-state index in [4.69, 9.17) is 0 Å². The van der Waals surface area contributed by atoms with Gasteiger partial charge in [-0.2, -0.15) is 11.8 Å². The van der Waals surface area contributed by atoms with Crippen molar-refractivity contribution in [1.82, 2.24) is 4.72 Å². The van der Waals surface area contributed by atoms with Gasteiger partial charge in [0.1, 0.15) is 0 Å². The summed E-state index contributed by atoms with van der Waals surface area (Å²) >= 11 is 1.70. The summed E-state index contributed by atoms with van der Waals surface area (Å²) in [6.07, 6.45) is 0.771. The van der Waals surface area contributed by atoms with Crippen LogP contribution in [0.25, 0.3) is 0 Å². The number of hydrogen-bond donors (Lipinski definition) is 2. The number of thioether (sulfide) groups is 1. The molecule has 0 aliphatic rings. The molecule has 1 atom stereocenters. The van der Waals surface area contributed by atoms with Crippen molar-refractivity contribution in [3.8, 4) is 0 Å². The Kier molecular flexibility index (Phi) is 7.02. The number of benzene rings is 1. The smallest absolute Gasteiger partial charge is 0.240 e. The molecule has 1 rings (SSSR count). The van der Waals surface area contributed by atoms with Crippen molar-refractivity contribution in [2.75, 3.05) is 11.5 Å². The summed E-state index contributed by atoms with van der Waals surface area (Å²) in [5, 5.41) is 9.32. The molecule has 0 aliphatic heterocycles. The van der Waals surface area contributed by atoms with Crippen LogP contribution in [0.2, 0.25) is 0 Å². The Balaban J connectivity index is 2.92. The minimum absolute atomic E-state index is 0.117. The average molecular weight is 317 g/mol. The molecule has 2 N–H and O–H groups in total. The van der Waals surface area contributed by atoms with E-state index < -0.39 is 10.0 Å². The Morgan fingerprint density at radius 2 is 2.00 bits per heavy atom. The predicted octanol–water partition coefficient (Wildman–Crippen LogP) is 2.16. The van der Waals surface area contributed by atoms with Gasteiger partial charge in [0, 0.05) is 11.8 Å². The zero-order chi connectivity index (χ0) is 15.2. The lowest BCUT2D eigenvalue weighted by molar-refractivity contribution is 0.280. The molecule has 0 amide bonds. The van der Waals surface area contributed by atoms with Crippen LogP contribution in [0.5, 0.6) is 0 Å². The lowest BCUT2D eigenvalue weighted by Gasteiger charge is -2.15. The van der Waals surface area contributed by atoms with Gasteiger partial charge in [0.15, 0.2) is 0 Å². The summed E-state index contributed by atoms with van der Waals surface area (Å²) in [4.78, 5) is 0.215. The van der Waals surface area contributed by atoms with Crippen LogP contribution in [0, 0.1) is 0 Å². The fraction of sp³-hybridized carbons (Fsp3) is 0.571. The number of hydrogen-bond acceptors (Lipinski definition) is 4. The van der Waals surface area contributed by atoms with Crippen molar-refractivity contribution in [3.05, 3.63) is 29.3 Å². The van der Waals surface area contributed by atoms with Crippen LogP contribution in [0.1, 0.15) is 31.9 Å². The molecule has 0 fully saturated rings. The van der Waals surface area contributed by atoms with Crippen LogP contribution in [-0.2, 0) is 23.1 Å². The lowest BCUT2D eigenvalue weighted by atomic mass is 10.1. The van der Waals surface area contributed by atoms with Gasteiger partial charge < -0.3 is 5.11 Å². The quantitative estimate of drug-likeness (QED) is 0.771. The molecule has 0 spiro atoms. The molecule has 0 heterocycles. The van der Waals surface area contributed by atoms with Crippen LogP contribution in [-0.4, -0.2) is 31.1 Å². The average Bonchev–Trinajstić information content (AvgIpc) is 2.43. The minimum Gasteiger partial charge on any atom is -0.392 e. The van der Waals surface area contributed by atoms with Gasteiger partial charge in [-0.1, -0.05) is 19.9 Å². The molecular formula is C14H23NO3S2. The van der Waals surface area contributed by atoms with E-state index in [1.54, 1.807) is 30.0 Å². The first kappa shape index (κ1) is 17.5. The van der Waals surface area contributed by atoms with E-state index in [0.29, 0.717) is 5.56 Å². The topological polar surface area (TPSA) is 66.4 Å². The maximum absolute atomic E-state index is 12.3. The number of sulfonamides is 1. The summed E-state index contributed by atoms with van der Waals surface area (Å²) in [5.74, 6) is 1.71. The standard InChI is InChI=1S/C14H23NO3S2/c1-4-12-6-7-14(8-13(12)9-16)20(17,18)15-11(3)10-19-5-2/h6-8,11,15-16H,4-5,9-10H2,1-3H3. The molecule has 0 aliphatic carbocycles. The zero-order valence-corrected chi connectivity index (χ0v) is 13.9. The second-order valence-corrected chi connectivity index (χ2v) is 7.66.